The highest BCUT2D eigenvalue weighted by Gasteiger charge is 2.30. The molecule has 166 valence electrons. The molecule has 0 fully saturated rings. The third kappa shape index (κ3) is 4.09. The lowest BCUT2D eigenvalue weighted by molar-refractivity contribution is 0.133. The minimum absolute atomic E-state index is 0.00217. The summed E-state index contributed by atoms with van der Waals surface area (Å²) in [5.41, 5.74) is 5.50. The molecule has 1 amide bonds. The van der Waals surface area contributed by atoms with Gasteiger partial charge in [-0.25, -0.2) is 4.79 Å². The summed E-state index contributed by atoms with van der Waals surface area (Å²) in [6.45, 7) is 4.20. The predicted octanol–water partition coefficient (Wildman–Crippen LogP) is 5.37. The monoisotopic (exact) mass is 440 g/mol. The summed E-state index contributed by atoms with van der Waals surface area (Å²) < 4.78 is 11.5. The smallest absolute Gasteiger partial charge is 0.407 e. The predicted molar refractivity (Wildman–Crippen MR) is 123 cm³/mol. The fraction of sp³-hybridized carbons (Fsp3) is 0.231. The summed E-state index contributed by atoms with van der Waals surface area (Å²) in [6.07, 6.45) is 2.81. The fourth-order valence-electron chi connectivity index (χ4n) is 4.25. The topological polar surface area (TPSA) is 90.1 Å². The maximum Gasteiger partial charge on any atom is 0.407 e. The largest absolute Gasteiger partial charge is 0.449 e. The Labute approximate surface area is 191 Å². The number of nitrogens with zero attached hydrogens (tertiary/aromatic N) is 3. The van der Waals surface area contributed by atoms with Gasteiger partial charge >= 0.3 is 6.09 Å². The van der Waals surface area contributed by atoms with Gasteiger partial charge in [0.15, 0.2) is 0 Å². The van der Waals surface area contributed by atoms with Gasteiger partial charge in [-0.15, -0.1) is 10.2 Å². The molecule has 0 spiro atoms. The summed E-state index contributed by atoms with van der Waals surface area (Å²) >= 11 is 0. The maximum absolute atomic E-state index is 12.8. The highest BCUT2D eigenvalue weighted by atomic mass is 16.5. The number of ether oxygens (including phenoxy) is 1. The molecule has 7 nitrogen and oxygen atoms in total. The Kier molecular flexibility index (Phi) is 5.60. The number of benzene rings is 2. The van der Waals surface area contributed by atoms with Crippen LogP contribution in [0.3, 0.4) is 0 Å². The van der Waals surface area contributed by atoms with Crippen molar-refractivity contribution in [2.24, 2.45) is 5.92 Å². The molecule has 2 heterocycles. The van der Waals surface area contributed by atoms with Crippen molar-refractivity contribution in [1.82, 2.24) is 20.5 Å². The van der Waals surface area contributed by atoms with Crippen LogP contribution in [0.4, 0.5) is 4.79 Å². The lowest BCUT2D eigenvalue weighted by atomic mass is 9.98. The van der Waals surface area contributed by atoms with Gasteiger partial charge in [-0.3, -0.25) is 4.98 Å². The molecule has 0 radical (unpaired) electrons. The second kappa shape index (κ2) is 8.86. The summed E-state index contributed by atoms with van der Waals surface area (Å²) in [5.74, 6) is 0.747. The van der Waals surface area contributed by atoms with Crippen molar-refractivity contribution in [3.8, 4) is 22.6 Å². The van der Waals surface area contributed by atoms with E-state index in [1.807, 2.05) is 38.1 Å². The minimum Gasteiger partial charge on any atom is -0.449 e. The first-order valence-corrected chi connectivity index (χ1v) is 11.0. The maximum atomic E-state index is 12.8. The van der Waals surface area contributed by atoms with Gasteiger partial charge < -0.3 is 14.5 Å². The Hall–Kier alpha value is -4.00. The first kappa shape index (κ1) is 20.9. The minimum atomic E-state index is -0.515. The van der Waals surface area contributed by atoms with Gasteiger partial charge in [0, 0.05) is 23.9 Å². The van der Waals surface area contributed by atoms with Crippen LogP contribution in [-0.2, 0) is 4.74 Å². The van der Waals surface area contributed by atoms with E-state index in [-0.39, 0.29) is 18.4 Å². The number of nitrogens with one attached hydrogen (secondary N) is 1. The van der Waals surface area contributed by atoms with Gasteiger partial charge in [0.1, 0.15) is 12.6 Å². The lowest BCUT2D eigenvalue weighted by Gasteiger charge is -2.20. The normalized spacial score (nSPS) is 13.4. The zero-order valence-corrected chi connectivity index (χ0v) is 18.4. The third-order valence-electron chi connectivity index (χ3n) is 5.92. The molecule has 1 aliphatic carbocycles. The van der Waals surface area contributed by atoms with Crippen molar-refractivity contribution >= 4 is 6.09 Å². The number of carbonyl (C=O) groups is 1. The molecule has 0 bridgehead atoms. The zero-order chi connectivity index (χ0) is 22.8. The van der Waals surface area contributed by atoms with Crippen LogP contribution in [0.5, 0.6) is 0 Å². The van der Waals surface area contributed by atoms with Crippen LogP contribution in [-0.4, -0.2) is 27.9 Å². The molecular weight excluding hydrogens is 416 g/mol. The number of carbonyl (C=O) groups excluding carboxylic acids is 1. The van der Waals surface area contributed by atoms with Crippen molar-refractivity contribution in [2.45, 2.75) is 25.8 Å². The van der Waals surface area contributed by atoms with E-state index >= 15 is 0 Å². The van der Waals surface area contributed by atoms with E-state index in [1.165, 1.54) is 22.3 Å². The summed E-state index contributed by atoms with van der Waals surface area (Å²) in [6, 6.07) is 19.6. The first-order valence-electron chi connectivity index (χ1n) is 11.0. The molecule has 2 aromatic heterocycles. The number of fused-ring (bicyclic) bond motifs is 3. The Morgan fingerprint density at radius 3 is 2.24 bits per heavy atom. The number of alkyl carbamates (subject to hydrolysis) is 1. The van der Waals surface area contributed by atoms with Crippen LogP contribution in [0.15, 0.2) is 77.5 Å². The standard InChI is InChI=1S/C26H24N4O3/c1-16(2)23(25-30-29-24(33-25)17-11-13-27-14-12-17)28-26(31)32-15-22-20-9-5-3-7-18(20)19-8-4-6-10-21(19)22/h3-14,16,22-23H,15H2,1-2H3,(H,28,31)/t23-/m0/s1. The fourth-order valence-corrected chi connectivity index (χ4v) is 4.25. The van der Waals surface area contributed by atoms with Gasteiger partial charge in [-0.2, -0.15) is 0 Å². The number of amides is 1. The SMILES string of the molecule is CC(C)[C@H](NC(=O)OCC1c2ccccc2-c2ccccc21)c1nnc(-c2ccncc2)o1. The molecule has 0 saturated carbocycles. The molecule has 0 unspecified atom stereocenters. The Morgan fingerprint density at radius 2 is 1.61 bits per heavy atom. The molecule has 1 atom stereocenters. The molecule has 1 N–H and O–H groups in total. The molecule has 1 aliphatic rings. The van der Waals surface area contributed by atoms with E-state index in [0.29, 0.717) is 11.8 Å². The lowest BCUT2D eigenvalue weighted by Crippen LogP contribution is -2.33. The molecule has 0 saturated heterocycles. The van der Waals surface area contributed by atoms with E-state index in [2.05, 4.69) is 44.8 Å². The van der Waals surface area contributed by atoms with Crippen molar-refractivity contribution in [2.75, 3.05) is 6.61 Å². The van der Waals surface area contributed by atoms with Crippen LogP contribution in [0.2, 0.25) is 0 Å². The summed E-state index contributed by atoms with van der Waals surface area (Å²) in [7, 11) is 0. The number of hydrogen-bond donors (Lipinski definition) is 1. The van der Waals surface area contributed by atoms with E-state index in [0.717, 1.165) is 5.56 Å². The van der Waals surface area contributed by atoms with Crippen molar-refractivity contribution in [3.05, 3.63) is 90.1 Å². The highest BCUT2D eigenvalue weighted by molar-refractivity contribution is 5.79. The quantitative estimate of drug-likeness (QED) is 0.434. The first-order chi connectivity index (χ1) is 16.1. The van der Waals surface area contributed by atoms with Gasteiger partial charge in [0.2, 0.25) is 11.8 Å². The summed E-state index contributed by atoms with van der Waals surface area (Å²) in [4.78, 5) is 16.8. The molecule has 4 aromatic rings. The van der Waals surface area contributed by atoms with E-state index in [9.17, 15) is 4.79 Å². The van der Waals surface area contributed by atoms with Gasteiger partial charge in [-0.1, -0.05) is 62.4 Å². The number of hydrogen-bond acceptors (Lipinski definition) is 6. The zero-order valence-electron chi connectivity index (χ0n) is 18.4. The van der Waals surface area contributed by atoms with E-state index < -0.39 is 12.1 Å². The second-order valence-electron chi connectivity index (χ2n) is 8.37. The Morgan fingerprint density at radius 1 is 0.970 bits per heavy atom. The van der Waals surface area contributed by atoms with Crippen LogP contribution in [0, 0.1) is 5.92 Å². The third-order valence-corrected chi connectivity index (χ3v) is 5.92. The molecule has 33 heavy (non-hydrogen) atoms. The van der Waals surface area contributed by atoms with Crippen molar-refractivity contribution in [1.29, 1.82) is 0 Å². The van der Waals surface area contributed by atoms with Crippen LogP contribution in [0.1, 0.15) is 42.8 Å². The van der Waals surface area contributed by atoms with Crippen molar-refractivity contribution in [3.63, 3.8) is 0 Å². The number of aromatic nitrogens is 3. The Balaban J connectivity index is 1.29. The average Bonchev–Trinajstić information content (AvgIpc) is 3.45. The van der Waals surface area contributed by atoms with Crippen LogP contribution < -0.4 is 5.32 Å². The van der Waals surface area contributed by atoms with Gasteiger partial charge in [-0.05, 0) is 40.3 Å². The van der Waals surface area contributed by atoms with E-state index in [4.69, 9.17) is 9.15 Å². The molecular formula is C26H24N4O3. The van der Waals surface area contributed by atoms with Crippen LogP contribution in [0.25, 0.3) is 22.6 Å². The number of pyridine rings is 1. The molecule has 2 aromatic carbocycles. The average molecular weight is 441 g/mol. The number of rotatable bonds is 6. The molecule has 7 heteroatoms. The summed E-state index contributed by atoms with van der Waals surface area (Å²) in [5, 5.41) is 11.2. The Bertz CT molecular complexity index is 1220. The highest BCUT2D eigenvalue weighted by Crippen LogP contribution is 2.44. The van der Waals surface area contributed by atoms with Gasteiger partial charge in [0.25, 0.3) is 0 Å². The second-order valence-corrected chi connectivity index (χ2v) is 8.37. The molecule has 5 rings (SSSR count). The molecule has 0 aliphatic heterocycles. The van der Waals surface area contributed by atoms with Crippen molar-refractivity contribution < 1.29 is 13.9 Å². The van der Waals surface area contributed by atoms with Crippen LogP contribution >= 0.6 is 0 Å². The van der Waals surface area contributed by atoms with E-state index in [1.54, 1.807) is 24.5 Å². The van der Waals surface area contributed by atoms with Gasteiger partial charge in [0.05, 0.1) is 0 Å².